The molecule has 0 atom stereocenters. The van der Waals surface area contributed by atoms with Crippen LogP contribution in [0.15, 0.2) is 15.7 Å². The molecule has 5 N–H and O–H groups in total. The summed E-state index contributed by atoms with van der Waals surface area (Å²) in [6, 6.07) is 1.07. The van der Waals surface area contributed by atoms with Crippen molar-refractivity contribution in [3.05, 3.63) is 26.8 Å². The molecule has 1 heterocycles. The molecular weight excluding hydrogens is 136 g/mol. The third-order valence-electron chi connectivity index (χ3n) is 0.975. The van der Waals surface area contributed by atoms with Crippen LogP contribution in [0.4, 0.5) is 5.69 Å². The van der Waals surface area contributed by atoms with Gasteiger partial charge in [0.15, 0.2) is 0 Å². The lowest BCUT2D eigenvalue weighted by molar-refractivity contribution is 0.950. The first-order chi connectivity index (χ1) is 4.74. The topological polar surface area (TPSA) is 104 Å². The van der Waals surface area contributed by atoms with Crippen molar-refractivity contribution >= 4 is 5.69 Å². The SMILES string of the molecule is NNc1cc(=O)[nH][nH]c1=O. The molecular formula is C4H6N4O2. The van der Waals surface area contributed by atoms with Gasteiger partial charge in [-0.1, -0.05) is 0 Å². The molecule has 0 saturated carbocycles. The van der Waals surface area contributed by atoms with Crippen LogP contribution in [0.25, 0.3) is 0 Å². The Morgan fingerprint density at radius 1 is 1.40 bits per heavy atom. The number of hydrogen-bond acceptors (Lipinski definition) is 4. The molecule has 0 unspecified atom stereocenters. The minimum absolute atomic E-state index is 0.0451. The average Bonchev–Trinajstić information content (AvgIpc) is 1.94. The summed E-state index contributed by atoms with van der Waals surface area (Å²) < 4.78 is 0. The van der Waals surface area contributed by atoms with E-state index in [1.807, 2.05) is 0 Å². The Morgan fingerprint density at radius 3 is 2.60 bits per heavy atom. The number of hydrazine groups is 1. The Bertz CT molecular complexity index is 325. The quantitative estimate of drug-likeness (QED) is 0.278. The summed E-state index contributed by atoms with van der Waals surface area (Å²) in [6.45, 7) is 0. The van der Waals surface area contributed by atoms with Crippen LogP contribution in [0.3, 0.4) is 0 Å². The molecule has 6 heteroatoms. The highest BCUT2D eigenvalue weighted by atomic mass is 16.1. The summed E-state index contributed by atoms with van der Waals surface area (Å²) in [7, 11) is 0. The minimum atomic E-state index is -0.456. The number of nitrogens with two attached hydrogens (primary N) is 1. The Kier molecular flexibility index (Phi) is 1.55. The number of hydrogen-bond donors (Lipinski definition) is 4. The molecule has 0 radical (unpaired) electrons. The van der Waals surface area contributed by atoms with Gasteiger partial charge in [0.05, 0.1) is 0 Å². The summed E-state index contributed by atoms with van der Waals surface area (Å²) in [5.41, 5.74) is 1.25. The molecule has 10 heavy (non-hydrogen) atoms. The van der Waals surface area contributed by atoms with Gasteiger partial charge < -0.3 is 5.43 Å². The van der Waals surface area contributed by atoms with Crippen molar-refractivity contribution in [1.29, 1.82) is 0 Å². The highest BCUT2D eigenvalue weighted by molar-refractivity contribution is 5.36. The number of H-pyrrole nitrogens is 2. The maximum atomic E-state index is 10.6. The summed E-state index contributed by atoms with van der Waals surface area (Å²) in [4.78, 5) is 21.1. The van der Waals surface area contributed by atoms with Gasteiger partial charge in [-0.15, -0.1) is 0 Å². The fourth-order valence-electron chi connectivity index (χ4n) is 0.526. The molecule has 0 aromatic carbocycles. The van der Waals surface area contributed by atoms with E-state index in [0.29, 0.717) is 0 Å². The zero-order chi connectivity index (χ0) is 7.56. The maximum absolute atomic E-state index is 10.6. The van der Waals surface area contributed by atoms with E-state index >= 15 is 0 Å². The Balaban J connectivity index is 3.36. The smallest absolute Gasteiger partial charge is 0.287 e. The molecule has 1 aromatic rings. The molecule has 0 fully saturated rings. The van der Waals surface area contributed by atoms with Crippen molar-refractivity contribution in [3.8, 4) is 0 Å². The fourth-order valence-corrected chi connectivity index (χ4v) is 0.526. The zero-order valence-corrected chi connectivity index (χ0v) is 4.97. The van der Waals surface area contributed by atoms with E-state index in [9.17, 15) is 9.59 Å². The first kappa shape index (κ1) is 6.56. The van der Waals surface area contributed by atoms with Crippen molar-refractivity contribution < 1.29 is 0 Å². The zero-order valence-electron chi connectivity index (χ0n) is 4.97. The van der Waals surface area contributed by atoms with E-state index in [4.69, 9.17) is 5.84 Å². The molecule has 0 aliphatic rings. The average molecular weight is 142 g/mol. The molecule has 6 nitrogen and oxygen atoms in total. The van der Waals surface area contributed by atoms with E-state index in [2.05, 4.69) is 15.6 Å². The number of nitrogens with one attached hydrogen (secondary N) is 3. The lowest BCUT2D eigenvalue weighted by atomic mass is 10.5. The molecule has 1 rings (SSSR count). The van der Waals surface area contributed by atoms with Gasteiger partial charge in [-0.3, -0.25) is 25.6 Å². The van der Waals surface area contributed by atoms with Gasteiger partial charge in [0.25, 0.3) is 11.1 Å². The molecule has 0 aliphatic heterocycles. The highest BCUT2D eigenvalue weighted by Gasteiger charge is 1.94. The lowest BCUT2D eigenvalue weighted by Crippen LogP contribution is -2.24. The molecule has 0 amide bonds. The van der Waals surface area contributed by atoms with Crippen molar-refractivity contribution in [2.24, 2.45) is 5.84 Å². The number of aromatic nitrogens is 2. The van der Waals surface area contributed by atoms with Crippen LogP contribution in [-0.4, -0.2) is 10.2 Å². The van der Waals surface area contributed by atoms with Crippen LogP contribution >= 0.6 is 0 Å². The summed E-state index contributed by atoms with van der Waals surface area (Å²) >= 11 is 0. The van der Waals surface area contributed by atoms with Crippen molar-refractivity contribution in [3.63, 3.8) is 0 Å². The normalized spacial score (nSPS) is 9.30. The number of rotatable bonds is 1. The number of nitrogen functional groups attached to an aromatic ring is 1. The molecule has 0 bridgehead atoms. The Hall–Kier alpha value is -1.56. The third-order valence-corrected chi connectivity index (χ3v) is 0.975. The van der Waals surface area contributed by atoms with Crippen LogP contribution in [0.5, 0.6) is 0 Å². The van der Waals surface area contributed by atoms with Gasteiger partial charge in [-0.2, -0.15) is 0 Å². The number of aromatic amines is 2. The van der Waals surface area contributed by atoms with E-state index in [1.165, 1.54) is 0 Å². The molecule has 0 saturated heterocycles. The van der Waals surface area contributed by atoms with Crippen molar-refractivity contribution in [2.45, 2.75) is 0 Å². The molecule has 54 valence electrons. The van der Waals surface area contributed by atoms with E-state index in [1.54, 1.807) is 0 Å². The molecule has 1 aromatic heterocycles. The van der Waals surface area contributed by atoms with Crippen molar-refractivity contribution in [2.75, 3.05) is 5.43 Å². The summed E-state index contributed by atoms with van der Waals surface area (Å²) in [5.74, 6) is 4.90. The number of anilines is 1. The second-order valence-corrected chi connectivity index (χ2v) is 1.65. The van der Waals surface area contributed by atoms with Gasteiger partial charge in [-0.25, -0.2) is 0 Å². The predicted octanol–water partition coefficient (Wildman–Crippen LogP) is -1.65. The fraction of sp³-hybridized carbons (Fsp3) is 0. The Morgan fingerprint density at radius 2 is 2.10 bits per heavy atom. The molecule has 0 aliphatic carbocycles. The van der Waals surface area contributed by atoms with Crippen LogP contribution in [0, 0.1) is 0 Å². The van der Waals surface area contributed by atoms with Crippen LogP contribution < -0.4 is 22.4 Å². The maximum Gasteiger partial charge on any atom is 0.287 e. The summed E-state index contributed by atoms with van der Waals surface area (Å²) in [6.07, 6.45) is 0. The summed E-state index contributed by atoms with van der Waals surface area (Å²) in [5, 5.41) is 4.17. The molecule has 0 spiro atoms. The van der Waals surface area contributed by atoms with Gasteiger partial charge in [0.1, 0.15) is 5.69 Å². The van der Waals surface area contributed by atoms with Gasteiger partial charge >= 0.3 is 0 Å². The monoisotopic (exact) mass is 142 g/mol. The largest absolute Gasteiger partial charge is 0.319 e. The Labute approximate surface area is 55.0 Å². The highest BCUT2D eigenvalue weighted by Crippen LogP contribution is 1.83. The minimum Gasteiger partial charge on any atom is -0.319 e. The first-order valence-electron chi connectivity index (χ1n) is 2.52. The predicted molar refractivity (Wildman–Crippen MR) is 35.5 cm³/mol. The van der Waals surface area contributed by atoms with Crippen LogP contribution in [-0.2, 0) is 0 Å². The van der Waals surface area contributed by atoms with E-state index in [0.717, 1.165) is 6.07 Å². The second kappa shape index (κ2) is 2.36. The lowest BCUT2D eigenvalue weighted by Gasteiger charge is -1.93. The van der Waals surface area contributed by atoms with Crippen LogP contribution in [0.2, 0.25) is 0 Å². The van der Waals surface area contributed by atoms with E-state index in [-0.39, 0.29) is 5.69 Å². The standard InChI is InChI=1S/C4H6N4O2/c5-6-2-1-3(9)7-8-4(2)10/h1H,5H2,(H,8,10)(H2,6,7,9). The third kappa shape index (κ3) is 1.06. The van der Waals surface area contributed by atoms with Gasteiger partial charge in [0.2, 0.25) is 0 Å². The van der Waals surface area contributed by atoms with E-state index < -0.39 is 11.1 Å². The van der Waals surface area contributed by atoms with Gasteiger partial charge in [0, 0.05) is 6.07 Å². The van der Waals surface area contributed by atoms with Crippen molar-refractivity contribution in [1.82, 2.24) is 10.2 Å². The first-order valence-corrected chi connectivity index (χ1v) is 2.52. The van der Waals surface area contributed by atoms with Gasteiger partial charge in [-0.05, 0) is 0 Å². The van der Waals surface area contributed by atoms with Crippen LogP contribution in [0.1, 0.15) is 0 Å². The second-order valence-electron chi connectivity index (χ2n) is 1.65.